The Morgan fingerprint density at radius 3 is 1.85 bits per heavy atom. The van der Waals surface area contributed by atoms with E-state index in [9.17, 15) is 9.18 Å². The zero-order valence-corrected chi connectivity index (χ0v) is 12.6. The van der Waals surface area contributed by atoms with Gasteiger partial charge in [-0.2, -0.15) is 0 Å². The quantitative estimate of drug-likeness (QED) is 0.713. The van der Waals surface area contributed by atoms with Gasteiger partial charge in [-0.05, 0) is 86.2 Å². The summed E-state index contributed by atoms with van der Waals surface area (Å²) in [6.45, 7) is 10.2. The van der Waals surface area contributed by atoms with Gasteiger partial charge in [-0.15, -0.1) is 0 Å². The molecule has 0 fully saturated rings. The second-order valence-electron chi connectivity index (χ2n) is 5.36. The van der Waals surface area contributed by atoms with E-state index in [1.165, 1.54) is 28.8 Å². The van der Waals surface area contributed by atoms with Gasteiger partial charge in [0, 0.05) is 11.1 Å². The molecular formula is C18H19FO. The Hall–Kier alpha value is -1.96. The van der Waals surface area contributed by atoms with Crippen LogP contribution in [0.25, 0.3) is 11.1 Å². The lowest BCUT2D eigenvalue weighted by molar-refractivity contribution is 0.112. The summed E-state index contributed by atoms with van der Waals surface area (Å²) in [7, 11) is 0. The molecule has 0 aliphatic carbocycles. The van der Waals surface area contributed by atoms with Crippen molar-refractivity contribution in [2.75, 3.05) is 0 Å². The van der Waals surface area contributed by atoms with Gasteiger partial charge >= 0.3 is 0 Å². The van der Waals surface area contributed by atoms with Gasteiger partial charge < -0.3 is 0 Å². The summed E-state index contributed by atoms with van der Waals surface area (Å²) in [5.74, 6) is -0.288. The first-order chi connectivity index (χ1) is 9.38. The molecule has 0 heterocycles. The number of rotatable bonds is 2. The van der Waals surface area contributed by atoms with Crippen molar-refractivity contribution in [3.63, 3.8) is 0 Å². The summed E-state index contributed by atoms with van der Waals surface area (Å²) in [6.07, 6.45) is 0.751. The molecule has 0 saturated heterocycles. The third kappa shape index (κ3) is 2.15. The third-order valence-electron chi connectivity index (χ3n) is 4.40. The van der Waals surface area contributed by atoms with Crippen molar-refractivity contribution in [2.45, 2.75) is 34.6 Å². The zero-order valence-electron chi connectivity index (χ0n) is 12.6. The fraction of sp³-hybridized carbons (Fsp3) is 0.278. The summed E-state index contributed by atoms with van der Waals surface area (Å²) in [5, 5.41) is 0. The normalized spacial score (nSPS) is 10.7. The van der Waals surface area contributed by atoms with Crippen LogP contribution >= 0.6 is 0 Å². The van der Waals surface area contributed by atoms with E-state index < -0.39 is 0 Å². The van der Waals surface area contributed by atoms with E-state index in [4.69, 9.17) is 0 Å². The van der Waals surface area contributed by atoms with E-state index in [0.717, 1.165) is 23.0 Å². The summed E-state index contributed by atoms with van der Waals surface area (Å²) in [6, 6.07) is 4.50. The fourth-order valence-corrected chi connectivity index (χ4v) is 2.71. The summed E-state index contributed by atoms with van der Waals surface area (Å²) >= 11 is 0. The lowest BCUT2D eigenvalue weighted by atomic mass is 9.86. The molecule has 2 heteroatoms. The maximum absolute atomic E-state index is 14.2. The molecule has 0 N–H and O–H groups in total. The Bertz CT molecular complexity index is 670. The Labute approximate surface area is 119 Å². The van der Waals surface area contributed by atoms with Crippen LogP contribution in [0.15, 0.2) is 18.2 Å². The minimum absolute atomic E-state index is 0.288. The standard InChI is InChI=1S/C18H19FO/c1-10-11(2)13(4)18(14(5)12(10)3)16-8-15(9-20)6-7-17(16)19/h6-9H,1-5H3. The topological polar surface area (TPSA) is 17.1 Å². The zero-order chi connectivity index (χ0) is 15.0. The molecule has 0 saturated carbocycles. The summed E-state index contributed by atoms with van der Waals surface area (Å²) in [4.78, 5) is 10.9. The van der Waals surface area contributed by atoms with E-state index in [-0.39, 0.29) is 5.82 Å². The smallest absolute Gasteiger partial charge is 0.150 e. The van der Waals surface area contributed by atoms with Crippen LogP contribution in [-0.2, 0) is 0 Å². The highest BCUT2D eigenvalue weighted by Crippen LogP contribution is 2.35. The number of halogens is 1. The van der Waals surface area contributed by atoms with Crippen molar-refractivity contribution in [2.24, 2.45) is 0 Å². The largest absolute Gasteiger partial charge is 0.298 e. The average Bonchev–Trinajstić information content (AvgIpc) is 2.45. The number of hydrogen-bond acceptors (Lipinski definition) is 1. The lowest BCUT2D eigenvalue weighted by Crippen LogP contribution is -2.01. The van der Waals surface area contributed by atoms with Crippen molar-refractivity contribution in [1.29, 1.82) is 0 Å². The van der Waals surface area contributed by atoms with Crippen LogP contribution in [0.1, 0.15) is 38.2 Å². The van der Waals surface area contributed by atoms with Crippen LogP contribution in [0.4, 0.5) is 4.39 Å². The lowest BCUT2D eigenvalue weighted by Gasteiger charge is -2.19. The van der Waals surface area contributed by atoms with Crippen LogP contribution in [0.3, 0.4) is 0 Å². The van der Waals surface area contributed by atoms with Crippen LogP contribution in [0.2, 0.25) is 0 Å². The Balaban J connectivity index is 2.86. The molecule has 20 heavy (non-hydrogen) atoms. The van der Waals surface area contributed by atoms with Gasteiger partial charge in [0.15, 0.2) is 0 Å². The van der Waals surface area contributed by atoms with Crippen LogP contribution in [0, 0.1) is 40.4 Å². The average molecular weight is 270 g/mol. The first-order valence-electron chi connectivity index (χ1n) is 6.70. The van der Waals surface area contributed by atoms with Gasteiger partial charge in [0.25, 0.3) is 0 Å². The monoisotopic (exact) mass is 270 g/mol. The molecule has 0 amide bonds. The molecule has 0 unspecified atom stereocenters. The van der Waals surface area contributed by atoms with Crippen molar-refractivity contribution in [3.8, 4) is 11.1 Å². The van der Waals surface area contributed by atoms with Crippen molar-refractivity contribution in [1.82, 2.24) is 0 Å². The molecule has 1 nitrogen and oxygen atoms in total. The van der Waals surface area contributed by atoms with E-state index in [2.05, 4.69) is 20.8 Å². The highest BCUT2D eigenvalue weighted by Gasteiger charge is 2.16. The second kappa shape index (κ2) is 5.20. The fourth-order valence-electron chi connectivity index (χ4n) is 2.71. The molecule has 2 aromatic carbocycles. The number of carbonyl (C=O) groups excluding carboxylic acids is 1. The van der Waals surface area contributed by atoms with Crippen LogP contribution < -0.4 is 0 Å². The summed E-state index contributed by atoms with van der Waals surface area (Å²) < 4.78 is 14.2. The van der Waals surface area contributed by atoms with Crippen LogP contribution in [0.5, 0.6) is 0 Å². The highest BCUT2D eigenvalue weighted by molar-refractivity contribution is 5.82. The molecule has 0 spiro atoms. The van der Waals surface area contributed by atoms with Gasteiger partial charge in [0.05, 0.1) is 0 Å². The molecule has 0 bridgehead atoms. The minimum Gasteiger partial charge on any atom is -0.298 e. The number of hydrogen-bond donors (Lipinski definition) is 0. The Morgan fingerprint density at radius 2 is 1.35 bits per heavy atom. The maximum atomic E-state index is 14.2. The van der Waals surface area contributed by atoms with Gasteiger partial charge in [0.1, 0.15) is 12.1 Å². The molecule has 0 aromatic heterocycles. The van der Waals surface area contributed by atoms with Gasteiger partial charge in [-0.1, -0.05) is 0 Å². The summed E-state index contributed by atoms with van der Waals surface area (Å²) in [5.41, 5.74) is 7.67. The number of aldehydes is 1. The molecule has 0 radical (unpaired) electrons. The predicted molar refractivity (Wildman–Crippen MR) is 80.9 cm³/mol. The van der Waals surface area contributed by atoms with Crippen molar-refractivity contribution in [3.05, 3.63) is 57.4 Å². The molecule has 0 atom stereocenters. The molecule has 0 aliphatic heterocycles. The molecular weight excluding hydrogens is 251 g/mol. The second-order valence-corrected chi connectivity index (χ2v) is 5.36. The van der Waals surface area contributed by atoms with E-state index in [0.29, 0.717) is 11.1 Å². The first kappa shape index (κ1) is 14.4. The van der Waals surface area contributed by atoms with Crippen LogP contribution in [-0.4, -0.2) is 6.29 Å². The van der Waals surface area contributed by atoms with Crippen molar-refractivity contribution >= 4 is 6.29 Å². The number of benzene rings is 2. The van der Waals surface area contributed by atoms with Gasteiger partial charge in [-0.3, -0.25) is 4.79 Å². The Kier molecular flexibility index (Phi) is 3.76. The van der Waals surface area contributed by atoms with Gasteiger partial charge in [-0.25, -0.2) is 4.39 Å². The molecule has 104 valence electrons. The van der Waals surface area contributed by atoms with E-state index >= 15 is 0 Å². The molecule has 0 aliphatic rings. The number of carbonyl (C=O) groups is 1. The first-order valence-corrected chi connectivity index (χ1v) is 6.70. The third-order valence-corrected chi connectivity index (χ3v) is 4.40. The van der Waals surface area contributed by atoms with Gasteiger partial charge in [0.2, 0.25) is 0 Å². The Morgan fingerprint density at radius 1 is 0.850 bits per heavy atom. The van der Waals surface area contributed by atoms with E-state index in [1.807, 2.05) is 13.8 Å². The minimum atomic E-state index is -0.288. The molecule has 2 aromatic rings. The SMILES string of the molecule is Cc1c(C)c(C)c(-c2cc(C=O)ccc2F)c(C)c1C. The maximum Gasteiger partial charge on any atom is 0.150 e. The predicted octanol–water partition coefficient (Wildman–Crippen LogP) is 4.85. The van der Waals surface area contributed by atoms with Crippen molar-refractivity contribution < 1.29 is 9.18 Å². The molecule has 2 rings (SSSR count). The highest BCUT2D eigenvalue weighted by atomic mass is 19.1. The van der Waals surface area contributed by atoms with E-state index in [1.54, 1.807) is 6.07 Å².